The Bertz CT molecular complexity index is 113. The van der Waals surface area contributed by atoms with Crippen LogP contribution in [0.25, 0.3) is 0 Å². The summed E-state index contributed by atoms with van der Waals surface area (Å²) < 4.78 is 4.70. The summed E-state index contributed by atoms with van der Waals surface area (Å²) in [5.74, 6) is -0.401. The lowest BCUT2D eigenvalue weighted by atomic mass is 10.2. The third kappa shape index (κ3) is 5.82. The van der Waals surface area contributed by atoms with Crippen molar-refractivity contribution in [3.05, 3.63) is 0 Å². The van der Waals surface area contributed by atoms with Crippen molar-refractivity contribution in [1.29, 1.82) is 0 Å². The predicted octanol–water partition coefficient (Wildman–Crippen LogP) is -0.317. The molecule has 0 aromatic rings. The SMILES string of the molecule is CC(=O)OC(CO)CCCO. The first-order valence-corrected chi connectivity index (χ1v) is 3.59. The van der Waals surface area contributed by atoms with Crippen LogP contribution in [0, 0.1) is 0 Å². The van der Waals surface area contributed by atoms with Gasteiger partial charge in [0, 0.05) is 13.5 Å². The fraction of sp³-hybridized carbons (Fsp3) is 0.857. The van der Waals surface area contributed by atoms with Crippen LogP contribution in [0.3, 0.4) is 0 Å². The number of ether oxygens (including phenoxy) is 1. The van der Waals surface area contributed by atoms with E-state index in [2.05, 4.69) is 0 Å². The summed E-state index contributed by atoms with van der Waals surface area (Å²) in [7, 11) is 0. The van der Waals surface area contributed by atoms with Gasteiger partial charge in [0.1, 0.15) is 6.10 Å². The van der Waals surface area contributed by atoms with E-state index in [9.17, 15) is 4.79 Å². The Balaban J connectivity index is 3.49. The monoisotopic (exact) mass is 162 g/mol. The van der Waals surface area contributed by atoms with Crippen LogP contribution in [-0.2, 0) is 9.53 Å². The first-order valence-electron chi connectivity index (χ1n) is 3.59. The van der Waals surface area contributed by atoms with Crippen molar-refractivity contribution in [3.8, 4) is 0 Å². The molecule has 0 radical (unpaired) electrons. The molecule has 66 valence electrons. The van der Waals surface area contributed by atoms with E-state index in [0.717, 1.165) is 0 Å². The molecule has 0 fully saturated rings. The zero-order valence-electron chi connectivity index (χ0n) is 6.62. The van der Waals surface area contributed by atoms with Crippen LogP contribution >= 0.6 is 0 Å². The summed E-state index contributed by atoms with van der Waals surface area (Å²) in [6.45, 7) is 1.17. The highest BCUT2D eigenvalue weighted by atomic mass is 16.5. The molecular formula is C7H14O4. The zero-order chi connectivity index (χ0) is 8.69. The van der Waals surface area contributed by atoms with Gasteiger partial charge in [-0.2, -0.15) is 0 Å². The molecule has 0 amide bonds. The summed E-state index contributed by atoms with van der Waals surface area (Å²) in [5.41, 5.74) is 0. The maximum atomic E-state index is 10.4. The molecule has 0 saturated heterocycles. The van der Waals surface area contributed by atoms with Crippen molar-refractivity contribution < 1.29 is 19.7 Å². The Hall–Kier alpha value is -0.610. The minimum atomic E-state index is -0.459. The summed E-state index contributed by atoms with van der Waals surface area (Å²) in [5, 5.41) is 17.1. The summed E-state index contributed by atoms with van der Waals surface area (Å²) in [6, 6.07) is 0. The lowest BCUT2D eigenvalue weighted by Crippen LogP contribution is -2.20. The number of rotatable bonds is 5. The van der Waals surface area contributed by atoms with Gasteiger partial charge >= 0.3 is 5.97 Å². The van der Waals surface area contributed by atoms with Gasteiger partial charge in [0.05, 0.1) is 6.61 Å². The third-order valence-corrected chi connectivity index (χ3v) is 1.22. The van der Waals surface area contributed by atoms with Crippen LogP contribution in [0.1, 0.15) is 19.8 Å². The van der Waals surface area contributed by atoms with Gasteiger partial charge < -0.3 is 14.9 Å². The molecule has 0 aromatic heterocycles. The summed E-state index contributed by atoms with van der Waals surface area (Å²) in [6.07, 6.45) is 0.588. The van der Waals surface area contributed by atoms with Crippen molar-refractivity contribution in [2.75, 3.05) is 13.2 Å². The molecule has 2 N–H and O–H groups in total. The normalized spacial score (nSPS) is 12.6. The lowest BCUT2D eigenvalue weighted by molar-refractivity contribution is -0.148. The van der Waals surface area contributed by atoms with Gasteiger partial charge in [-0.25, -0.2) is 0 Å². The molecule has 0 aliphatic rings. The molecule has 4 heteroatoms. The fourth-order valence-corrected chi connectivity index (χ4v) is 0.741. The third-order valence-electron chi connectivity index (χ3n) is 1.22. The minimum Gasteiger partial charge on any atom is -0.460 e. The van der Waals surface area contributed by atoms with E-state index in [0.29, 0.717) is 12.8 Å². The number of carbonyl (C=O) groups excluding carboxylic acids is 1. The van der Waals surface area contributed by atoms with Gasteiger partial charge in [0.25, 0.3) is 0 Å². The van der Waals surface area contributed by atoms with Crippen LogP contribution in [0.5, 0.6) is 0 Å². The Morgan fingerprint density at radius 3 is 2.55 bits per heavy atom. The molecule has 0 heterocycles. The summed E-state index contributed by atoms with van der Waals surface area (Å²) in [4.78, 5) is 10.4. The molecule has 0 aliphatic heterocycles. The van der Waals surface area contributed by atoms with Crippen molar-refractivity contribution in [3.63, 3.8) is 0 Å². The smallest absolute Gasteiger partial charge is 0.302 e. The molecule has 11 heavy (non-hydrogen) atoms. The van der Waals surface area contributed by atoms with E-state index in [1.54, 1.807) is 0 Å². The number of aliphatic hydroxyl groups is 2. The Labute approximate surface area is 65.8 Å². The number of aliphatic hydroxyl groups excluding tert-OH is 2. The molecule has 4 nitrogen and oxygen atoms in total. The van der Waals surface area contributed by atoms with Crippen LogP contribution in [0.4, 0.5) is 0 Å². The molecular weight excluding hydrogens is 148 g/mol. The highest BCUT2D eigenvalue weighted by molar-refractivity contribution is 5.66. The Morgan fingerprint density at radius 2 is 2.18 bits per heavy atom. The van der Waals surface area contributed by atoms with Crippen molar-refractivity contribution in [1.82, 2.24) is 0 Å². The molecule has 1 atom stereocenters. The standard InChI is InChI=1S/C7H14O4/c1-6(10)11-7(5-9)3-2-4-8/h7-9H,2-5H2,1H3. The van der Waals surface area contributed by atoms with E-state index < -0.39 is 12.1 Å². The van der Waals surface area contributed by atoms with Gasteiger partial charge in [-0.05, 0) is 12.8 Å². The van der Waals surface area contributed by atoms with E-state index in [1.807, 2.05) is 0 Å². The molecule has 0 rings (SSSR count). The van der Waals surface area contributed by atoms with Crippen molar-refractivity contribution >= 4 is 5.97 Å². The quantitative estimate of drug-likeness (QED) is 0.544. The van der Waals surface area contributed by atoms with Crippen LogP contribution < -0.4 is 0 Å². The van der Waals surface area contributed by atoms with E-state index in [4.69, 9.17) is 14.9 Å². The fourth-order valence-electron chi connectivity index (χ4n) is 0.741. The zero-order valence-corrected chi connectivity index (χ0v) is 6.62. The maximum absolute atomic E-state index is 10.4. The highest BCUT2D eigenvalue weighted by Crippen LogP contribution is 2.00. The van der Waals surface area contributed by atoms with Crippen molar-refractivity contribution in [2.45, 2.75) is 25.9 Å². The second-order valence-corrected chi connectivity index (χ2v) is 2.28. The van der Waals surface area contributed by atoms with Gasteiger partial charge in [-0.15, -0.1) is 0 Å². The van der Waals surface area contributed by atoms with E-state index in [1.165, 1.54) is 6.92 Å². The first-order chi connectivity index (χ1) is 5.20. The van der Waals surface area contributed by atoms with Crippen LogP contribution in [0.15, 0.2) is 0 Å². The topological polar surface area (TPSA) is 66.8 Å². The largest absolute Gasteiger partial charge is 0.460 e. The average Bonchev–Trinajstić information content (AvgIpc) is 1.97. The molecule has 0 spiro atoms. The Morgan fingerprint density at radius 1 is 1.55 bits per heavy atom. The van der Waals surface area contributed by atoms with Gasteiger partial charge in [-0.3, -0.25) is 4.79 Å². The Kier molecular flexibility index (Phi) is 5.78. The first kappa shape index (κ1) is 10.4. The molecule has 1 unspecified atom stereocenters. The molecule has 0 bridgehead atoms. The van der Waals surface area contributed by atoms with E-state index >= 15 is 0 Å². The lowest BCUT2D eigenvalue weighted by Gasteiger charge is -2.12. The average molecular weight is 162 g/mol. The van der Waals surface area contributed by atoms with Gasteiger partial charge in [0.2, 0.25) is 0 Å². The maximum Gasteiger partial charge on any atom is 0.302 e. The highest BCUT2D eigenvalue weighted by Gasteiger charge is 2.08. The number of hydrogen-bond donors (Lipinski definition) is 2. The van der Waals surface area contributed by atoms with E-state index in [-0.39, 0.29) is 13.2 Å². The number of carbonyl (C=O) groups is 1. The second-order valence-electron chi connectivity index (χ2n) is 2.28. The van der Waals surface area contributed by atoms with Gasteiger partial charge in [-0.1, -0.05) is 0 Å². The van der Waals surface area contributed by atoms with Gasteiger partial charge in [0.15, 0.2) is 0 Å². The van der Waals surface area contributed by atoms with Crippen molar-refractivity contribution in [2.24, 2.45) is 0 Å². The molecule has 0 aromatic carbocycles. The number of hydrogen-bond acceptors (Lipinski definition) is 4. The molecule has 0 saturated carbocycles. The second kappa shape index (κ2) is 6.12. The van der Waals surface area contributed by atoms with Crippen LogP contribution in [-0.4, -0.2) is 35.5 Å². The minimum absolute atomic E-state index is 0.0533. The molecule has 0 aliphatic carbocycles. The van der Waals surface area contributed by atoms with Crippen LogP contribution in [0.2, 0.25) is 0 Å². The summed E-state index contributed by atoms with van der Waals surface area (Å²) >= 11 is 0. The number of esters is 1. The predicted molar refractivity (Wildman–Crippen MR) is 39.0 cm³/mol.